The highest BCUT2D eigenvalue weighted by molar-refractivity contribution is 5.76. The Bertz CT molecular complexity index is 1680. The molecule has 2 fully saturated rings. The molecule has 0 bridgehead atoms. The molecule has 12 atom stereocenters. The fraction of sp³-hybridized carbons (Fsp3) is 0.910. The Morgan fingerprint density at radius 1 is 0.391 bits per heavy atom. The normalized spacial score (nSPS) is 22.8. The van der Waals surface area contributed by atoms with Crippen molar-refractivity contribution in [1.29, 1.82) is 0 Å². The molecule has 14 heteroatoms. The lowest BCUT2D eigenvalue weighted by atomic mass is 9.97. The maximum absolute atomic E-state index is 13.4. The topological polar surface area (TPSA) is 228 Å². The van der Waals surface area contributed by atoms with Crippen molar-refractivity contribution in [2.45, 2.75) is 434 Å². The van der Waals surface area contributed by atoms with Crippen molar-refractivity contribution in [2.24, 2.45) is 0 Å². The van der Waals surface area contributed by atoms with Gasteiger partial charge in [0.05, 0.1) is 32.0 Å². The van der Waals surface area contributed by atoms with E-state index in [9.17, 15) is 45.6 Å². The molecule has 2 aliphatic heterocycles. The first kappa shape index (κ1) is 86.3. The smallest absolute Gasteiger partial charge is 0.220 e. The minimum absolute atomic E-state index is 0.231. The summed E-state index contributed by atoms with van der Waals surface area (Å²) < 4.78 is 22.9. The molecular formula is C78H147NO13. The van der Waals surface area contributed by atoms with Crippen LogP contribution in [0.2, 0.25) is 0 Å². The van der Waals surface area contributed by atoms with Crippen LogP contribution in [0.4, 0.5) is 0 Å². The maximum Gasteiger partial charge on any atom is 0.220 e. The van der Waals surface area contributed by atoms with Crippen LogP contribution in [0.1, 0.15) is 361 Å². The Morgan fingerprint density at radius 3 is 1.09 bits per heavy atom. The highest BCUT2D eigenvalue weighted by Gasteiger charge is 2.51. The molecule has 0 radical (unpaired) electrons. The zero-order valence-electron chi connectivity index (χ0n) is 59.3. The first-order valence-corrected chi connectivity index (χ1v) is 39.2. The minimum atomic E-state index is -1.79. The molecule has 542 valence electrons. The van der Waals surface area contributed by atoms with Crippen molar-refractivity contribution >= 4 is 5.91 Å². The lowest BCUT2D eigenvalue weighted by molar-refractivity contribution is -0.359. The van der Waals surface area contributed by atoms with Crippen molar-refractivity contribution in [2.75, 3.05) is 19.8 Å². The number of carbonyl (C=O) groups is 1. The van der Waals surface area contributed by atoms with Gasteiger partial charge in [-0.2, -0.15) is 0 Å². The number of ether oxygens (including phenoxy) is 4. The van der Waals surface area contributed by atoms with Crippen LogP contribution >= 0.6 is 0 Å². The third kappa shape index (κ3) is 45.7. The highest BCUT2D eigenvalue weighted by Crippen LogP contribution is 2.30. The third-order valence-electron chi connectivity index (χ3n) is 19.3. The average molecular weight is 1310 g/mol. The minimum Gasteiger partial charge on any atom is -0.394 e. The zero-order chi connectivity index (χ0) is 66.6. The van der Waals surface area contributed by atoms with E-state index >= 15 is 0 Å². The van der Waals surface area contributed by atoms with E-state index in [-0.39, 0.29) is 18.9 Å². The number of aliphatic hydroxyl groups is 8. The summed E-state index contributed by atoms with van der Waals surface area (Å²) in [6, 6.07) is -0.914. The largest absolute Gasteiger partial charge is 0.394 e. The van der Waals surface area contributed by atoms with E-state index < -0.39 is 86.8 Å². The molecule has 0 spiro atoms. The summed E-state index contributed by atoms with van der Waals surface area (Å²) in [4.78, 5) is 13.4. The lowest BCUT2D eigenvalue weighted by Gasteiger charge is -2.46. The number of hydrogen-bond acceptors (Lipinski definition) is 13. The summed E-state index contributed by atoms with van der Waals surface area (Å²) in [6.45, 7) is 2.85. The summed E-state index contributed by atoms with van der Waals surface area (Å²) in [5.74, 6) is -0.231. The van der Waals surface area contributed by atoms with Gasteiger partial charge in [0.1, 0.15) is 48.8 Å². The van der Waals surface area contributed by atoms with Gasteiger partial charge in [0.15, 0.2) is 12.6 Å². The summed E-state index contributed by atoms with van der Waals surface area (Å²) in [7, 11) is 0. The van der Waals surface area contributed by atoms with Gasteiger partial charge < -0.3 is 65.1 Å². The van der Waals surface area contributed by atoms with E-state index in [0.29, 0.717) is 6.42 Å². The second-order valence-corrected chi connectivity index (χ2v) is 27.8. The number of nitrogens with one attached hydrogen (secondary N) is 1. The molecule has 0 saturated carbocycles. The van der Waals surface area contributed by atoms with Crippen molar-refractivity contribution < 1.29 is 64.6 Å². The Balaban J connectivity index is 1.59. The number of aliphatic hydroxyl groups excluding tert-OH is 8. The van der Waals surface area contributed by atoms with Crippen LogP contribution in [-0.4, -0.2) is 140 Å². The Hall–Kier alpha value is -1.79. The van der Waals surface area contributed by atoms with Crippen LogP contribution in [0, 0.1) is 0 Å². The number of rotatable bonds is 66. The SMILES string of the molecule is CCCCCCC/C=C\C/C=C\CCCCCCCCCCCCCCCCCCCCCCCCCCCC(=O)NC(COC1OC(CO)C(OC2OC(CO)C(O)C(O)C2O)C(O)C1O)C(O)/C=C/CCCCCCCCCCCCCCCCCCCCC. The van der Waals surface area contributed by atoms with Crippen molar-refractivity contribution in [3.63, 3.8) is 0 Å². The molecule has 0 aromatic heterocycles. The Morgan fingerprint density at radius 2 is 0.717 bits per heavy atom. The van der Waals surface area contributed by atoms with Crippen LogP contribution in [-0.2, 0) is 23.7 Å². The summed E-state index contributed by atoms with van der Waals surface area (Å²) >= 11 is 0. The van der Waals surface area contributed by atoms with E-state index in [2.05, 4.69) is 43.5 Å². The van der Waals surface area contributed by atoms with Crippen LogP contribution in [0.3, 0.4) is 0 Å². The molecule has 2 saturated heterocycles. The van der Waals surface area contributed by atoms with Gasteiger partial charge in [-0.05, 0) is 51.4 Å². The molecule has 1 amide bonds. The molecule has 0 aromatic carbocycles. The van der Waals surface area contributed by atoms with E-state index in [4.69, 9.17) is 18.9 Å². The molecule has 2 heterocycles. The van der Waals surface area contributed by atoms with Gasteiger partial charge >= 0.3 is 0 Å². The van der Waals surface area contributed by atoms with E-state index in [1.165, 1.54) is 289 Å². The molecule has 12 unspecified atom stereocenters. The number of carbonyl (C=O) groups excluding carboxylic acids is 1. The summed E-state index contributed by atoms with van der Waals surface area (Å²) in [5.41, 5.74) is 0. The molecule has 0 aromatic rings. The molecule has 2 aliphatic rings. The van der Waals surface area contributed by atoms with Crippen LogP contribution in [0.5, 0.6) is 0 Å². The molecule has 2 rings (SSSR count). The van der Waals surface area contributed by atoms with Gasteiger partial charge in [-0.25, -0.2) is 0 Å². The molecular weight excluding hydrogens is 1160 g/mol. The molecule has 14 nitrogen and oxygen atoms in total. The number of hydrogen-bond donors (Lipinski definition) is 9. The predicted octanol–water partition coefficient (Wildman–Crippen LogP) is 17.2. The summed E-state index contributed by atoms with van der Waals surface area (Å²) in [6.07, 6.45) is 65.1. The fourth-order valence-electron chi connectivity index (χ4n) is 13.1. The second-order valence-electron chi connectivity index (χ2n) is 27.8. The van der Waals surface area contributed by atoms with E-state index in [1.54, 1.807) is 6.08 Å². The Labute approximate surface area is 563 Å². The Kier molecular flexibility index (Phi) is 58.8. The number of unbranched alkanes of at least 4 members (excludes halogenated alkanes) is 49. The van der Waals surface area contributed by atoms with Crippen LogP contribution < -0.4 is 5.32 Å². The lowest BCUT2D eigenvalue weighted by Crippen LogP contribution is -2.65. The van der Waals surface area contributed by atoms with Gasteiger partial charge in [-0.15, -0.1) is 0 Å². The first-order chi connectivity index (χ1) is 45.1. The second kappa shape index (κ2) is 62.7. The van der Waals surface area contributed by atoms with Crippen molar-refractivity contribution in [3.8, 4) is 0 Å². The first-order valence-electron chi connectivity index (χ1n) is 39.2. The van der Waals surface area contributed by atoms with Gasteiger partial charge in [0, 0.05) is 6.42 Å². The fourth-order valence-corrected chi connectivity index (χ4v) is 13.1. The molecule has 92 heavy (non-hydrogen) atoms. The van der Waals surface area contributed by atoms with Gasteiger partial charge in [0.2, 0.25) is 5.91 Å². The molecule has 0 aliphatic carbocycles. The monoisotopic (exact) mass is 1310 g/mol. The predicted molar refractivity (Wildman–Crippen MR) is 378 cm³/mol. The van der Waals surface area contributed by atoms with Gasteiger partial charge in [-0.1, -0.05) is 339 Å². The van der Waals surface area contributed by atoms with Crippen molar-refractivity contribution in [1.82, 2.24) is 5.32 Å². The number of amides is 1. The zero-order valence-corrected chi connectivity index (χ0v) is 59.3. The van der Waals surface area contributed by atoms with Crippen molar-refractivity contribution in [3.05, 3.63) is 36.5 Å². The average Bonchev–Trinajstić information content (AvgIpc) is 0.915. The molecule has 9 N–H and O–H groups in total. The quantitative estimate of drug-likeness (QED) is 0.0204. The van der Waals surface area contributed by atoms with E-state index in [1.807, 2.05) is 6.08 Å². The third-order valence-corrected chi connectivity index (χ3v) is 19.3. The van der Waals surface area contributed by atoms with Gasteiger partial charge in [-0.3, -0.25) is 4.79 Å². The van der Waals surface area contributed by atoms with Crippen LogP contribution in [0.25, 0.3) is 0 Å². The van der Waals surface area contributed by atoms with Gasteiger partial charge in [0.25, 0.3) is 0 Å². The van der Waals surface area contributed by atoms with Crippen LogP contribution in [0.15, 0.2) is 36.5 Å². The summed E-state index contributed by atoms with van der Waals surface area (Å²) in [5, 5.41) is 87.6. The number of allylic oxidation sites excluding steroid dienone is 5. The standard InChI is InChI=1S/C78H147NO13/c1-3-5-7-9-11-13-15-17-19-21-23-25-26-27-28-29-30-31-32-33-34-35-36-37-38-39-40-42-44-46-48-50-52-54-56-58-60-62-70(83)79-66(67(82)61-59-57-55-53-51-49-47-45-43-41-24-22-20-18-16-14-12-10-8-6-4-2)65-89-77-75(88)73(86)76(69(64-81)91-77)92-78-74(87)72(85)71(84)68(63-80)90-78/h15,17,21,23,59,61,66-69,71-78,80-82,84-88H,3-14,16,18-20,22,24-58,60,62-65H2,1-2H3,(H,79,83)/b17-15-,23-21-,61-59+. The van der Waals surface area contributed by atoms with E-state index in [0.717, 1.165) is 44.9 Å². The highest BCUT2D eigenvalue weighted by atomic mass is 16.7. The maximum atomic E-state index is 13.4.